The van der Waals surface area contributed by atoms with Crippen molar-refractivity contribution in [3.05, 3.63) is 0 Å². The first kappa shape index (κ1) is 11.0. The fourth-order valence-electron chi connectivity index (χ4n) is 1.75. The van der Waals surface area contributed by atoms with E-state index in [1.54, 1.807) is 11.8 Å². The molecule has 0 aromatic heterocycles. The van der Waals surface area contributed by atoms with Gasteiger partial charge in [0.05, 0.1) is 5.92 Å². The van der Waals surface area contributed by atoms with E-state index in [0.29, 0.717) is 6.54 Å². The summed E-state index contributed by atoms with van der Waals surface area (Å²) in [5.74, 6) is -1.37. The normalized spacial score (nSPS) is 25.6. The van der Waals surface area contributed by atoms with Crippen LogP contribution < -0.4 is 5.73 Å². The summed E-state index contributed by atoms with van der Waals surface area (Å²) < 4.78 is 0. The number of aliphatic carboxylic acids is 1. The van der Waals surface area contributed by atoms with E-state index in [-0.39, 0.29) is 11.8 Å². The Morgan fingerprint density at radius 3 is 2.71 bits per heavy atom. The Kier molecular flexibility index (Phi) is 3.46. The number of carbonyl (C=O) groups is 2. The predicted octanol–water partition coefficient (Wildman–Crippen LogP) is -0.343. The van der Waals surface area contributed by atoms with E-state index >= 15 is 0 Å². The van der Waals surface area contributed by atoms with Gasteiger partial charge >= 0.3 is 5.97 Å². The molecule has 0 radical (unpaired) electrons. The summed E-state index contributed by atoms with van der Waals surface area (Å²) in [6.07, 6.45) is 1.61. The monoisotopic (exact) mass is 200 g/mol. The Morgan fingerprint density at radius 1 is 1.57 bits per heavy atom. The summed E-state index contributed by atoms with van der Waals surface area (Å²) in [4.78, 5) is 23.5. The van der Waals surface area contributed by atoms with Crippen LogP contribution in [-0.2, 0) is 9.59 Å². The summed E-state index contributed by atoms with van der Waals surface area (Å²) in [5, 5.41) is 8.80. The Bertz CT molecular complexity index is 230. The molecule has 1 saturated heterocycles. The number of nitrogens with zero attached hydrogens (tertiary/aromatic N) is 1. The van der Waals surface area contributed by atoms with Crippen molar-refractivity contribution < 1.29 is 14.7 Å². The van der Waals surface area contributed by atoms with Crippen LogP contribution in [0.3, 0.4) is 0 Å². The van der Waals surface area contributed by atoms with E-state index in [0.717, 1.165) is 19.4 Å². The van der Waals surface area contributed by atoms with Gasteiger partial charge in [0.15, 0.2) is 0 Å². The largest absolute Gasteiger partial charge is 0.480 e. The molecular formula is C9H16N2O3. The number of carbonyl (C=O) groups excluding carboxylic acids is 1. The van der Waals surface area contributed by atoms with Gasteiger partial charge in [-0.1, -0.05) is 0 Å². The van der Waals surface area contributed by atoms with Crippen LogP contribution in [0.15, 0.2) is 0 Å². The molecule has 2 unspecified atom stereocenters. The molecular weight excluding hydrogens is 184 g/mol. The second-order valence-corrected chi connectivity index (χ2v) is 3.75. The highest BCUT2D eigenvalue weighted by molar-refractivity contribution is 5.77. The lowest BCUT2D eigenvalue weighted by Crippen LogP contribution is -2.47. The van der Waals surface area contributed by atoms with Crippen molar-refractivity contribution in [1.29, 1.82) is 0 Å². The molecule has 1 amide bonds. The Balaban J connectivity index is 2.55. The van der Waals surface area contributed by atoms with Gasteiger partial charge in [-0.05, 0) is 26.3 Å². The zero-order chi connectivity index (χ0) is 10.7. The van der Waals surface area contributed by atoms with Crippen molar-refractivity contribution in [2.24, 2.45) is 11.7 Å². The van der Waals surface area contributed by atoms with Gasteiger partial charge in [0, 0.05) is 6.54 Å². The van der Waals surface area contributed by atoms with E-state index in [4.69, 9.17) is 10.8 Å². The minimum Gasteiger partial charge on any atom is -0.480 e. The smallest absolute Gasteiger partial charge is 0.320 e. The van der Waals surface area contributed by atoms with Gasteiger partial charge in [-0.15, -0.1) is 0 Å². The number of hydrogen-bond donors (Lipinski definition) is 2. The maximum Gasteiger partial charge on any atom is 0.320 e. The SMILES string of the molecule is CC(C(=O)O)N1CCCC(C(N)=O)C1. The van der Waals surface area contributed by atoms with E-state index < -0.39 is 12.0 Å². The van der Waals surface area contributed by atoms with E-state index in [9.17, 15) is 9.59 Å². The molecule has 0 aromatic carbocycles. The van der Waals surface area contributed by atoms with Gasteiger partial charge in [-0.25, -0.2) is 0 Å². The number of hydrogen-bond acceptors (Lipinski definition) is 3. The molecule has 80 valence electrons. The molecule has 1 aliphatic rings. The lowest BCUT2D eigenvalue weighted by Gasteiger charge is -2.33. The maximum absolute atomic E-state index is 10.9. The van der Waals surface area contributed by atoms with Gasteiger partial charge in [0.1, 0.15) is 6.04 Å². The first-order valence-electron chi connectivity index (χ1n) is 4.78. The highest BCUT2D eigenvalue weighted by atomic mass is 16.4. The zero-order valence-corrected chi connectivity index (χ0v) is 8.27. The minimum atomic E-state index is -0.852. The third-order valence-corrected chi connectivity index (χ3v) is 2.76. The van der Waals surface area contributed by atoms with E-state index in [2.05, 4.69) is 0 Å². The van der Waals surface area contributed by atoms with E-state index in [1.165, 1.54) is 0 Å². The van der Waals surface area contributed by atoms with Crippen molar-refractivity contribution in [1.82, 2.24) is 4.90 Å². The lowest BCUT2D eigenvalue weighted by atomic mass is 9.96. The van der Waals surface area contributed by atoms with E-state index in [1.807, 2.05) is 0 Å². The van der Waals surface area contributed by atoms with Crippen LogP contribution in [0.4, 0.5) is 0 Å². The molecule has 1 heterocycles. The highest BCUT2D eigenvalue weighted by Crippen LogP contribution is 2.17. The molecule has 0 aromatic rings. The third kappa shape index (κ3) is 2.45. The summed E-state index contributed by atoms with van der Waals surface area (Å²) >= 11 is 0. The van der Waals surface area contributed by atoms with Gasteiger partial charge in [-0.2, -0.15) is 0 Å². The fourth-order valence-corrected chi connectivity index (χ4v) is 1.75. The second-order valence-electron chi connectivity index (χ2n) is 3.75. The van der Waals surface area contributed by atoms with Crippen LogP contribution in [-0.4, -0.2) is 41.0 Å². The average Bonchev–Trinajstić information content (AvgIpc) is 2.16. The number of primary amides is 1. The van der Waals surface area contributed by atoms with Crippen LogP contribution in [0.5, 0.6) is 0 Å². The van der Waals surface area contributed by atoms with Gasteiger partial charge in [-0.3, -0.25) is 14.5 Å². The molecule has 0 spiro atoms. The number of carboxylic acid groups (broad SMARTS) is 1. The van der Waals surface area contributed by atoms with Crippen molar-refractivity contribution in [3.8, 4) is 0 Å². The standard InChI is InChI=1S/C9H16N2O3/c1-6(9(13)14)11-4-2-3-7(5-11)8(10)12/h6-7H,2-5H2,1H3,(H2,10,12)(H,13,14). The van der Waals surface area contributed by atoms with Gasteiger partial charge in [0.25, 0.3) is 0 Å². The number of rotatable bonds is 3. The van der Waals surface area contributed by atoms with Gasteiger partial charge in [0.2, 0.25) is 5.91 Å². The minimum absolute atomic E-state index is 0.189. The predicted molar refractivity (Wildman–Crippen MR) is 50.6 cm³/mol. The van der Waals surface area contributed by atoms with Crippen molar-refractivity contribution in [2.75, 3.05) is 13.1 Å². The molecule has 5 heteroatoms. The highest BCUT2D eigenvalue weighted by Gasteiger charge is 2.29. The number of likely N-dealkylation sites (tertiary alicyclic amines) is 1. The molecule has 2 atom stereocenters. The summed E-state index contributed by atoms with van der Waals surface area (Å²) in [5.41, 5.74) is 5.19. The molecule has 5 nitrogen and oxygen atoms in total. The van der Waals surface area contributed by atoms with Crippen molar-refractivity contribution >= 4 is 11.9 Å². The van der Waals surface area contributed by atoms with Crippen LogP contribution in [0.1, 0.15) is 19.8 Å². The van der Waals surface area contributed by atoms with Crippen LogP contribution >= 0.6 is 0 Å². The molecule has 14 heavy (non-hydrogen) atoms. The topological polar surface area (TPSA) is 83.6 Å². The molecule has 1 rings (SSSR count). The first-order valence-corrected chi connectivity index (χ1v) is 4.78. The van der Waals surface area contributed by atoms with Crippen LogP contribution in [0, 0.1) is 5.92 Å². The third-order valence-electron chi connectivity index (χ3n) is 2.76. The number of piperidine rings is 1. The molecule has 0 aliphatic carbocycles. The van der Waals surface area contributed by atoms with Crippen LogP contribution in [0.2, 0.25) is 0 Å². The van der Waals surface area contributed by atoms with Crippen LogP contribution in [0.25, 0.3) is 0 Å². The molecule has 0 bridgehead atoms. The molecule has 3 N–H and O–H groups in total. The Hall–Kier alpha value is -1.10. The van der Waals surface area contributed by atoms with Gasteiger partial charge < -0.3 is 10.8 Å². The lowest BCUT2D eigenvalue weighted by molar-refractivity contribution is -0.144. The summed E-state index contributed by atoms with van der Waals surface area (Å²) in [6.45, 7) is 2.84. The molecule has 0 saturated carbocycles. The quantitative estimate of drug-likeness (QED) is 0.652. The van der Waals surface area contributed by atoms with Crippen molar-refractivity contribution in [3.63, 3.8) is 0 Å². The number of carboxylic acids is 1. The Morgan fingerprint density at radius 2 is 2.21 bits per heavy atom. The molecule has 1 aliphatic heterocycles. The average molecular weight is 200 g/mol. The van der Waals surface area contributed by atoms with Crippen molar-refractivity contribution in [2.45, 2.75) is 25.8 Å². The number of amides is 1. The summed E-state index contributed by atoms with van der Waals surface area (Å²) in [6, 6.07) is -0.530. The second kappa shape index (κ2) is 4.41. The number of nitrogens with two attached hydrogens (primary N) is 1. The zero-order valence-electron chi connectivity index (χ0n) is 8.27. The molecule has 1 fully saturated rings. The first-order chi connectivity index (χ1) is 6.52. The Labute approximate surface area is 82.9 Å². The maximum atomic E-state index is 10.9. The summed E-state index contributed by atoms with van der Waals surface area (Å²) in [7, 11) is 0. The fraction of sp³-hybridized carbons (Fsp3) is 0.778.